The number of piperidine rings is 1. The van der Waals surface area contributed by atoms with Gasteiger partial charge in [0.2, 0.25) is 0 Å². The van der Waals surface area contributed by atoms with Crippen LogP contribution in [0.15, 0.2) is 172 Å². The topological polar surface area (TPSA) is 48.8 Å². The van der Waals surface area contributed by atoms with Gasteiger partial charge in [-0.05, 0) is 110 Å². The molecule has 4 aliphatic carbocycles. The summed E-state index contributed by atoms with van der Waals surface area (Å²) in [5.74, 6) is 4.52. The number of aliphatic imine (C=N–C) groups is 2. The molecule has 0 amide bonds. The molecule has 0 aromatic heterocycles. The van der Waals surface area contributed by atoms with E-state index in [-0.39, 0.29) is 6.17 Å². The number of hydrogen-bond acceptors (Lipinski definition) is 4. The predicted octanol–water partition coefficient (Wildman–Crippen LogP) is 10.9. The maximum atomic E-state index is 5.33. The molecule has 4 nitrogen and oxygen atoms in total. The van der Waals surface area contributed by atoms with Crippen molar-refractivity contribution in [3.63, 3.8) is 0 Å². The molecule has 2 N–H and O–H groups in total. The number of allylic oxidation sites excluding steroid dienone is 9. The quantitative estimate of drug-likeness (QED) is 0.229. The minimum atomic E-state index is -0.131. The summed E-state index contributed by atoms with van der Waals surface area (Å²) >= 11 is 0. The van der Waals surface area contributed by atoms with E-state index in [9.17, 15) is 0 Å². The molecule has 1 fully saturated rings. The second-order valence-corrected chi connectivity index (χ2v) is 16.2. The lowest BCUT2D eigenvalue weighted by Gasteiger charge is -2.44. The van der Waals surface area contributed by atoms with E-state index in [1.165, 1.54) is 60.0 Å². The lowest BCUT2D eigenvalue weighted by Crippen LogP contribution is -2.49. The Bertz CT molecular complexity index is 2030. The molecule has 0 saturated carbocycles. The Balaban J connectivity index is 0.938. The SMILES string of the molecule is C1=CCC(C2NCC(c3ccccc3)CC2C2=CC(C3=CCC(C4=NC(C5=CCC(c6ccccc6)C=C5)NC(c5ccccc5)=N4)CC3)=CCC2)CC1. The van der Waals surface area contributed by atoms with Gasteiger partial charge in [-0.15, -0.1) is 0 Å². The molecule has 7 unspecified atom stereocenters. The van der Waals surface area contributed by atoms with Crippen LogP contribution in [-0.2, 0) is 0 Å². The zero-order chi connectivity index (χ0) is 36.1. The van der Waals surface area contributed by atoms with Gasteiger partial charge in [0.1, 0.15) is 17.8 Å². The molecule has 3 aromatic rings. The summed E-state index contributed by atoms with van der Waals surface area (Å²) in [5.41, 5.74) is 9.87. The van der Waals surface area contributed by atoms with E-state index in [1.54, 1.807) is 5.57 Å². The minimum Gasteiger partial charge on any atom is -0.344 e. The van der Waals surface area contributed by atoms with Gasteiger partial charge in [-0.1, -0.05) is 145 Å². The fraction of sp³-hybridized carbons (Fsp3) is 0.360. The van der Waals surface area contributed by atoms with Crippen molar-refractivity contribution in [2.45, 2.75) is 88.3 Å². The van der Waals surface area contributed by atoms with Crippen molar-refractivity contribution in [1.82, 2.24) is 10.6 Å². The molecule has 0 radical (unpaired) electrons. The van der Waals surface area contributed by atoms with Gasteiger partial charge in [0, 0.05) is 30.0 Å². The first-order valence-corrected chi connectivity index (χ1v) is 20.7. The first-order valence-electron chi connectivity index (χ1n) is 20.7. The van der Waals surface area contributed by atoms with Gasteiger partial charge >= 0.3 is 0 Å². The van der Waals surface area contributed by atoms with Gasteiger partial charge in [-0.25, -0.2) is 9.98 Å². The Morgan fingerprint density at radius 3 is 2.20 bits per heavy atom. The summed E-state index contributed by atoms with van der Waals surface area (Å²) < 4.78 is 0. The number of nitrogens with one attached hydrogen (secondary N) is 2. The molecule has 1 saturated heterocycles. The van der Waals surface area contributed by atoms with Gasteiger partial charge in [0.25, 0.3) is 0 Å². The molecular weight excluding hydrogens is 657 g/mol. The third-order valence-corrected chi connectivity index (χ3v) is 12.9. The van der Waals surface area contributed by atoms with Crippen LogP contribution in [0.2, 0.25) is 0 Å². The van der Waals surface area contributed by atoms with Crippen LogP contribution in [0.25, 0.3) is 0 Å². The highest BCUT2D eigenvalue weighted by atomic mass is 15.2. The van der Waals surface area contributed by atoms with Gasteiger partial charge in [-0.2, -0.15) is 0 Å². The lowest BCUT2D eigenvalue weighted by molar-refractivity contribution is 0.203. The molecule has 54 heavy (non-hydrogen) atoms. The highest BCUT2D eigenvalue weighted by molar-refractivity contribution is 6.08. The molecule has 274 valence electrons. The molecule has 6 aliphatic rings. The van der Waals surface area contributed by atoms with Crippen LogP contribution in [0.3, 0.4) is 0 Å². The minimum absolute atomic E-state index is 0.131. The Hall–Kier alpha value is -4.80. The summed E-state index contributed by atoms with van der Waals surface area (Å²) in [6.45, 7) is 1.09. The number of nitrogens with zero attached hydrogens (tertiary/aromatic N) is 2. The van der Waals surface area contributed by atoms with Crippen LogP contribution in [-0.4, -0.2) is 30.4 Å². The fourth-order valence-electron chi connectivity index (χ4n) is 9.88. The average Bonchev–Trinajstić information content (AvgIpc) is 3.27. The summed E-state index contributed by atoms with van der Waals surface area (Å²) in [6, 6.07) is 33.2. The maximum absolute atomic E-state index is 5.33. The van der Waals surface area contributed by atoms with Crippen molar-refractivity contribution in [2.24, 2.45) is 27.7 Å². The summed E-state index contributed by atoms with van der Waals surface area (Å²) in [4.78, 5) is 10.5. The predicted molar refractivity (Wildman–Crippen MR) is 225 cm³/mol. The van der Waals surface area contributed by atoms with Gasteiger partial charge in [0.15, 0.2) is 0 Å². The summed E-state index contributed by atoms with van der Waals surface area (Å²) in [5, 5.41) is 7.83. The number of rotatable bonds is 8. The van der Waals surface area contributed by atoms with Crippen molar-refractivity contribution < 1.29 is 0 Å². The molecule has 4 heteroatoms. The second-order valence-electron chi connectivity index (χ2n) is 16.2. The van der Waals surface area contributed by atoms with Crippen molar-refractivity contribution in [3.05, 3.63) is 179 Å². The Kier molecular flexibility index (Phi) is 10.5. The van der Waals surface area contributed by atoms with E-state index < -0.39 is 0 Å². The Morgan fingerprint density at radius 2 is 1.48 bits per heavy atom. The van der Waals surface area contributed by atoms with Crippen LogP contribution in [0.1, 0.15) is 92.7 Å². The van der Waals surface area contributed by atoms with Crippen LogP contribution < -0.4 is 10.6 Å². The Labute approximate surface area is 322 Å². The van der Waals surface area contributed by atoms with E-state index >= 15 is 0 Å². The standard InChI is InChI=1S/C50H54N4/c1-5-14-35(15-6-1)37-24-28-41(29-25-37)49-52-48(40-20-11-4-12-21-40)53-50(54-49)42-30-26-38(27-31-42)43-22-13-23-44(32-43)46-33-45(36-16-7-2-8-17-36)34-51-47(46)39-18-9-3-10-19-39/h1-9,11-12,14-17,20-22,24,26,28-29,32,37,39,42,45-47,49,51H,10,13,18-19,23,25,27,30-31,33-34H2,(H,52,53,54). The van der Waals surface area contributed by atoms with E-state index in [1.807, 2.05) is 0 Å². The molecule has 2 heterocycles. The van der Waals surface area contributed by atoms with Crippen molar-refractivity contribution in [1.29, 1.82) is 0 Å². The van der Waals surface area contributed by atoms with E-state index in [0.717, 1.165) is 61.8 Å². The summed E-state index contributed by atoms with van der Waals surface area (Å²) in [7, 11) is 0. The van der Waals surface area contributed by atoms with E-state index in [2.05, 4.69) is 150 Å². The first kappa shape index (κ1) is 34.9. The van der Waals surface area contributed by atoms with Crippen molar-refractivity contribution in [3.8, 4) is 0 Å². The van der Waals surface area contributed by atoms with Crippen LogP contribution in [0.4, 0.5) is 0 Å². The molecule has 3 aromatic carbocycles. The molecule has 7 atom stereocenters. The van der Waals surface area contributed by atoms with Gasteiger partial charge < -0.3 is 10.6 Å². The summed E-state index contributed by atoms with van der Waals surface area (Å²) in [6.07, 6.45) is 30.8. The fourth-order valence-corrected chi connectivity index (χ4v) is 9.88. The van der Waals surface area contributed by atoms with E-state index in [4.69, 9.17) is 9.98 Å². The smallest absolute Gasteiger partial charge is 0.147 e. The third-order valence-electron chi connectivity index (χ3n) is 12.9. The number of amidine groups is 2. The average molecular weight is 711 g/mol. The van der Waals surface area contributed by atoms with E-state index in [0.29, 0.717) is 29.7 Å². The van der Waals surface area contributed by atoms with Crippen LogP contribution >= 0.6 is 0 Å². The highest BCUT2D eigenvalue weighted by Crippen LogP contribution is 2.43. The van der Waals surface area contributed by atoms with Crippen LogP contribution in [0.5, 0.6) is 0 Å². The number of benzene rings is 3. The third kappa shape index (κ3) is 7.72. The van der Waals surface area contributed by atoms with Gasteiger partial charge in [-0.3, -0.25) is 0 Å². The first-order chi connectivity index (χ1) is 26.7. The number of hydrogen-bond donors (Lipinski definition) is 2. The van der Waals surface area contributed by atoms with Crippen molar-refractivity contribution >= 4 is 11.7 Å². The zero-order valence-corrected chi connectivity index (χ0v) is 31.5. The Morgan fingerprint density at radius 1 is 0.685 bits per heavy atom. The normalized spacial score (nSPS) is 29.8. The molecular formula is C50H54N4. The van der Waals surface area contributed by atoms with Crippen molar-refractivity contribution in [2.75, 3.05) is 6.54 Å². The molecule has 2 aliphatic heterocycles. The molecule has 9 rings (SSSR count). The highest BCUT2D eigenvalue weighted by Gasteiger charge is 2.38. The largest absolute Gasteiger partial charge is 0.344 e. The zero-order valence-electron chi connectivity index (χ0n) is 31.5. The lowest BCUT2D eigenvalue weighted by atomic mass is 9.69. The second kappa shape index (κ2) is 16.3. The van der Waals surface area contributed by atoms with Crippen LogP contribution in [0, 0.1) is 17.8 Å². The monoisotopic (exact) mass is 710 g/mol. The maximum Gasteiger partial charge on any atom is 0.147 e. The molecule has 0 bridgehead atoms. The van der Waals surface area contributed by atoms with Gasteiger partial charge in [0.05, 0.1) is 0 Å². The molecule has 0 spiro atoms.